The summed E-state index contributed by atoms with van der Waals surface area (Å²) in [6, 6.07) is -0.0972. The Morgan fingerprint density at radius 1 is 1.82 bits per heavy atom. The molecule has 3 N–H and O–H groups in total. The number of rotatable bonds is 2. The molecule has 1 heterocycles. The Bertz CT molecular complexity index is 212. The van der Waals surface area contributed by atoms with Gasteiger partial charge in [0.25, 0.3) is 0 Å². The first-order valence-corrected chi connectivity index (χ1v) is 3.37. The lowest BCUT2D eigenvalue weighted by atomic mass is 10.1. The minimum absolute atomic E-state index is 0.0972. The van der Waals surface area contributed by atoms with Gasteiger partial charge in [-0.25, -0.2) is 0 Å². The molecule has 1 aliphatic heterocycles. The first-order valence-electron chi connectivity index (χ1n) is 3.37. The maximum absolute atomic E-state index is 10.9. The van der Waals surface area contributed by atoms with Crippen LogP contribution in [0, 0.1) is 5.92 Å². The topological polar surface area (TPSA) is 72.2 Å². The van der Waals surface area contributed by atoms with Crippen molar-refractivity contribution < 1.29 is 9.59 Å². The second-order valence-corrected chi connectivity index (χ2v) is 2.54. The molecule has 1 fully saturated rings. The van der Waals surface area contributed by atoms with Crippen molar-refractivity contribution in [1.82, 2.24) is 5.32 Å². The van der Waals surface area contributed by atoms with Crippen LogP contribution in [0.3, 0.4) is 0 Å². The van der Waals surface area contributed by atoms with Gasteiger partial charge in [-0.1, -0.05) is 6.08 Å². The number of nitrogens with two attached hydrogens (primary N) is 1. The van der Waals surface area contributed by atoms with Gasteiger partial charge in [-0.3, -0.25) is 9.59 Å². The van der Waals surface area contributed by atoms with Gasteiger partial charge >= 0.3 is 0 Å². The van der Waals surface area contributed by atoms with Gasteiger partial charge in [0.15, 0.2) is 0 Å². The smallest absolute Gasteiger partial charge is 0.233 e. The molecular weight excluding hydrogens is 144 g/mol. The van der Waals surface area contributed by atoms with E-state index in [1.165, 1.54) is 0 Å². The molecule has 0 aliphatic carbocycles. The number of hydrogen-bond acceptors (Lipinski definition) is 2. The second-order valence-electron chi connectivity index (χ2n) is 2.54. The van der Waals surface area contributed by atoms with Gasteiger partial charge < -0.3 is 11.1 Å². The Morgan fingerprint density at radius 2 is 2.45 bits per heavy atom. The van der Waals surface area contributed by atoms with E-state index in [0.717, 1.165) is 0 Å². The van der Waals surface area contributed by atoms with E-state index in [0.29, 0.717) is 6.42 Å². The Kier molecular flexibility index (Phi) is 1.94. The third-order valence-electron chi connectivity index (χ3n) is 1.76. The van der Waals surface area contributed by atoms with Crippen molar-refractivity contribution in [1.29, 1.82) is 0 Å². The van der Waals surface area contributed by atoms with Crippen molar-refractivity contribution in [3.8, 4) is 0 Å². The molecule has 2 atom stereocenters. The molecule has 0 bridgehead atoms. The largest absolute Gasteiger partial charge is 0.369 e. The Hall–Kier alpha value is -1.32. The molecule has 0 radical (unpaired) electrons. The van der Waals surface area contributed by atoms with Crippen LogP contribution >= 0.6 is 0 Å². The van der Waals surface area contributed by atoms with Crippen molar-refractivity contribution in [2.45, 2.75) is 12.5 Å². The monoisotopic (exact) mass is 154 g/mol. The summed E-state index contributed by atoms with van der Waals surface area (Å²) in [5, 5.41) is 2.58. The summed E-state index contributed by atoms with van der Waals surface area (Å²) in [5.41, 5.74) is 4.97. The summed E-state index contributed by atoms with van der Waals surface area (Å²) in [6.07, 6.45) is 2.04. The third-order valence-corrected chi connectivity index (χ3v) is 1.76. The zero-order valence-electron chi connectivity index (χ0n) is 6.04. The van der Waals surface area contributed by atoms with Crippen LogP contribution in [0.5, 0.6) is 0 Å². The number of nitrogens with one attached hydrogen (secondary N) is 1. The normalized spacial score (nSPS) is 29.6. The quantitative estimate of drug-likeness (QED) is 0.402. The van der Waals surface area contributed by atoms with Crippen LogP contribution in [0.4, 0.5) is 0 Å². The lowest BCUT2D eigenvalue weighted by Gasteiger charge is -1.98. The highest BCUT2D eigenvalue weighted by molar-refractivity contribution is 6.01. The van der Waals surface area contributed by atoms with E-state index in [2.05, 4.69) is 11.9 Å². The average molecular weight is 154 g/mol. The summed E-state index contributed by atoms with van der Waals surface area (Å²) in [4.78, 5) is 21.5. The number of hydrogen-bond donors (Lipinski definition) is 2. The fourth-order valence-electron chi connectivity index (χ4n) is 1.10. The van der Waals surface area contributed by atoms with E-state index in [9.17, 15) is 9.59 Å². The summed E-state index contributed by atoms with van der Waals surface area (Å²) in [5.74, 6) is -1.52. The second kappa shape index (κ2) is 2.74. The minimum atomic E-state index is -0.669. The summed E-state index contributed by atoms with van der Waals surface area (Å²) in [7, 11) is 0. The van der Waals surface area contributed by atoms with E-state index in [1.807, 2.05) is 0 Å². The Balaban J connectivity index is 2.65. The first-order chi connectivity index (χ1) is 5.15. The summed E-state index contributed by atoms with van der Waals surface area (Å²) >= 11 is 0. The van der Waals surface area contributed by atoms with Crippen LogP contribution in [0.15, 0.2) is 12.7 Å². The van der Waals surface area contributed by atoms with Gasteiger partial charge in [-0.2, -0.15) is 0 Å². The first kappa shape index (κ1) is 7.78. The van der Waals surface area contributed by atoms with Crippen LogP contribution in [-0.2, 0) is 9.59 Å². The van der Waals surface area contributed by atoms with E-state index < -0.39 is 11.8 Å². The van der Waals surface area contributed by atoms with Gasteiger partial charge in [0.2, 0.25) is 11.8 Å². The van der Waals surface area contributed by atoms with Crippen molar-refractivity contribution in [3.63, 3.8) is 0 Å². The zero-order chi connectivity index (χ0) is 8.43. The summed E-state index contributed by atoms with van der Waals surface area (Å²) in [6.45, 7) is 3.50. The fourth-order valence-corrected chi connectivity index (χ4v) is 1.10. The number of amides is 2. The maximum Gasteiger partial charge on any atom is 0.233 e. The standard InChI is InChI=1S/C7H10N2O2/c1-2-4-3-5(6(8)10)7(11)9-4/h2,4-5H,1,3H2,(H2,8,10)(H,9,11)/t4-,5-/m0/s1. The maximum atomic E-state index is 10.9. The number of primary amides is 1. The lowest BCUT2D eigenvalue weighted by Crippen LogP contribution is -2.30. The molecule has 0 saturated carbocycles. The molecule has 0 spiro atoms. The lowest BCUT2D eigenvalue weighted by molar-refractivity contribution is -0.131. The highest BCUT2D eigenvalue weighted by Gasteiger charge is 2.34. The molecule has 0 aromatic heterocycles. The molecule has 11 heavy (non-hydrogen) atoms. The SMILES string of the molecule is C=C[C@H]1C[C@@H](C(N)=O)C(=O)N1. The van der Waals surface area contributed by atoms with Crippen molar-refractivity contribution in [2.75, 3.05) is 0 Å². The number of carbonyl (C=O) groups excluding carboxylic acids is 2. The highest BCUT2D eigenvalue weighted by Crippen LogP contribution is 2.14. The third kappa shape index (κ3) is 1.39. The number of carbonyl (C=O) groups is 2. The predicted octanol–water partition coefficient (Wildman–Crippen LogP) is -0.838. The zero-order valence-corrected chi connectivity index (χ0v) is 6.04. The average Bonchev–Trinajstić information content (AvgIpc) is 2.30. The van der Waals surface area contributed by atoms with Gasteiger partial charge in [-0.15, -0.1) is 6.58 Å². The molecule has 2 amide bonds. The van der Waals surface area contributed by atoms with Gasteiger partial charge in [0, 0.05) is 6.04 Å². The van der Waals surface area contributed by atoms with E-state index in [1.54, 1.807) is 6.08 Å². The molecule has 0 aromatic carbocycles. The van der Waals surface area contributed by atoms with Crippen molar-refractivity contribution >= 4 is 11.8 Å². The molecule has 4 nitrogen and oxygen atoms in total. The molecule has 1 rings (SSSR count). The molecule has 1 aliphatic rings. The molecular formula is C7H10N2O2. The predicted molar refractivity (Wildman–Crippen MR) is 39.4 cm³/mol. The van der Waals surface area contributed by atoms with E-state index in [-0.39, 0.29) is 11.9 Å². The van der Waals surface area contributed by atoms with Crippen molar-refractivity contribution in [3.05, 3.63) is 12.7 Å². The van der Waals surface area contributed by atoms with Gasteiger partial charge in [0.05, 0.1) is 0 Å². The summed E-state index contributed by atoms with van der Waals surface area (Å²) < 4.78 is 0. The molecule has 60 valence electrons. The Labute approximate surface area is 64.4 Å². The fraction of sp³-hybridized carbons (Fsp3) is 0.429. The minimum Gasteiger partial charge on any atom is -0.369 e. The molecule has 1 saturated heterocycles. The van der Waals surface area contributed by atoms with Crippen LogP contribution < -0.4 is 11.1 Å². The molecule has 0 unspecified atom stereocenters. The Morgan fingerprint density at radius 3 is 2.73 bits per heavy atom. The van der Waals surface area contributed by atoms with Crippen LogP contribution in [0.1, 0.15) is 6.42 Å². The van der Waals surface area contributed by atoms with Gasteiger partial charge in [0.1, 0.15) is 5.92 Å². The van der Waals surface area contributed by atoms with Crippen molar-refractivity contribution in [2.24, 2.45) is 11.7 Å². The van der Waals surface area contributed by atoms with Crippen LogP contribution in [0.2, 0.25) is 0 Å². The van der Waals surface area contributed by atoms with Crippen LogP contribution in [-0.4, -0.2) is 17.9 Å². The molecule has 4 heteroatoms. The van der Waals surface area contributed by atoms with E-state index in [4.69, 9.17) is 5.73 Å². The molecule has 0 aromatic rings. The van der Waals surface area contributed by atoms with Gasteiger partial charge in [-0.05, 0) is 6.42 Å². The van der Waals surface area contributed by atoms with Crippen LogP contribution in [0.25, 0.3) is 0 Å². The van der Waals surface area contributed by atoms with E-state index >= 15 is 0 Å². The highest BCUT2D eigenvalue weighted by atomic mass is 16.2.